The summed E-state index contributed by atoms with van der Waals surface area (Å²) in [6.07, 6.45) is 0.949. The molecule has 0 saturated heterocycles. The van der Waals surface area contributed by atoms with Crippen LogP contribution < -0.4 is 16.0 Å². The van der Waals surface area contributed by atoms with Crippen LogP contribution in [0.1, 0.15) is 18.9 Å². The molecular formula is C18H18N4O3S. The van der Waals surface area contributed by atoms with Crippen molar-refractivity contribution in [2.45, 2.75) is 19.9 Å². The molecule has 8 heteroatoms. The van der Waals surface area contributed by atoms with Gasteiger partial charge in [-0.15, -0.1) is 16.4 Å². The Morgan fingerprint density at radius 1 is 1.15 bits per heavy atom. The highest BCUT2D eigenvalue weighted by molar-refractivity contribution is 7.17. The molecule has 7 nitrogen and oxygen atoms in total. The molecule has 0 unspecified atom stereocenters. The average molecular weight is 370 g/mol. The Balaban J connectivity index is 1.83. The fourth-order valence-electron chi connectivity index (χ4n) is 2.93. The molecule has 0 spiro atoms. The van der Waals surface area contributed by atoms with Gasteiger partial charge >= 0.3 is 5.69 Å². The second kappa shape index (κ2) is 6.45. The van der Waals surface area contributed by atoms with Crippen LogP contribution in [0.4, 0.5) is 0 Å². The molecule has 4 aromatic rings. The zero-order valence-electron chi connectivity index (χ0n) is 14.5. The van der Waals surface area contributed by atoms with Crippen LogP contribution in [-0.2, 0) is 13.6 Å². The number of aromatic nitrogens is 4. The van der Waals surface area contributed by atoms with Crippen LogP contribution in [-0.4, -0.2) is 25.4 Å². The molecule has 0 aliphatic carbocycles. The quantitative estimate of drug-likeness (QED) is 0.540. The first-order valence-electron chi connectivity index (χ1n) is 8.37. The first-order chi connectivity index (χ1) is 12.6. The van der Waals surface area contributed by atoms with Gasteiger partial charge in [-0.25, -0.2) is 13.9 Å². The fourth-order valence-corrected chi connectivity index (χ4v) is 3.75. The fraction of sp³-hybridized carbons (Fsp3) is 0.278. The van der Waals surface area contributed by atoms with E-state index in [1.54, 1.807) is 17.7 Å². The van der Waals surface area contributed by atoms with E-state index in [1.807, 2.05) is 29.6 Å². The van der Waals surface area contributed by atoms with Gasteiger partial charge in [0.2, 0.25) is 5.78 Å². The van der Waals surface area contributed by atoms with Gasteiger partial charge in [0.25, 0.3) is 5.56 Å². The maximum atomic E-state index is 12.9. The van der Waals surface area contributed by atoms with Crippen molar-refractivity contribution in [3.63, 3.8) is 0 Å². The minimum atomic E-state index is -0.263. The first-order valence-corrected chi connectivity index (χ1v) is 9.25. The number of nitrogens with zero attached hydrogens (tertiary/aromatic N) is 4. The summed E-state index contributed by atoms with van der Waals surface area (Å²) in [4.78, 5) is 25.4. The number of hydrogen-bond donors (Lipinski definition) is 0. The molecule has 0 atom stereocenters. The molecular weight excluding hydrogens is 352 g/mol. The van der Waals surface area contributed by atoms with Crippen molar-refractivity contribution >= 4 is 27.3 Å². The van der Waals surface area contributed by atoms with E-state index in [1.165, 1.54) is 20.4 Å². The van der Waals surface area contributed by atoms with Gasteiger partial charge in [-0.3, -0.25) is 9.36 Å². The third-order valence-electron chi connectivity index (χ3n) is 4.21. The van der Waals surface area contributed by atoms with E-state index in [9.17, 15) is 9.59 Å². The zero-order chi connectivity index (χ0) is 18.3. The molecule has 0 aliphatic rings. The first kappa shape index (κ1) is 16.6. The number of benzene rings is 1. The number of fused-ring (bicyclic) bond motifs is 3. The monoisotopic (exact) mass is 370 g/mol. The van der Waals surface area contributed by atoms with E-state index < -0.39 is 0 Å². The van der Waals surface area contributed by atoms with E-state index >= 15 is 0 Å². The van der Waals surface area contributed by atoms with Gasteiger partial charge in [-0.1, -0.05) is 19.1 Å². The summed E-state index contributed by atoms with van der Waals surface area (Å²) in [5.41, 5.74) is 1.14. The maximum absolute atomic E-state index is 12.9. The van der Waals surface area contributed by atoms with Gasteiger partial charge in [0.05, 0.1) is 18.7 Å². The van der Waals surface area contributed by atoms with Crippen LogP contribution in [0.5, 0.6) is 5.75 Å². The topological polar surface area (TPSA) is 70.5 Å². The molecule has 0 aliphatic heterocycles. The van der Waals surface area contributed by atoms with Crippen molar-refractivity contribution in [1.29, 1.82) is 0 Å². The largest absolute Gasteiger partial charge is 0.494 e. The van der Waals surface area contributed by atoms with E-state index in [2.05, 4.69) is 12.0 Å². The molecule has 3 aromatic heterocycles. The molecule has 3 heterocycles. The molecule has 0 saturated carbocycles. The van der Waals surface area contributed by atoms with Crippen molar-refractivity contribution in [1.82, 2.24) is 18.7 Å². The van der Waals surface area contributed by atoms with Gasteiger partial charge in [0.15, 0.2) is 0 Å². The lowest BCUT2D eigenvalue weighted by Crippen LogP contribution is -2.25. The summed E-state index contributed by atoms with van der Waals surface area (Å²) in [6, 6.07) is 9.41. The average Bonchev–Trinajstić information content (AvgIpc) is 3.23. The predicted octanol–water partition coefficient (Wildman–Crippen LogP) is 2.25. The second-order valence-electron chi connectivity index (χ2n) is 6.06. The molecule has 0 fully saturated rings. The van der Waals surface area contributed by atoms with Crippen LogP contribution in [0.15, 0.2) is 45.3 Å². The number of ether oxygens (including phenoxy) is 1. The van der Waals surface area contributed by atoms with E-state index in [0.717, 1.165) is 17.7 Å². The lowest BCUT2D eigenvalue weighted by atomic mass is 10.2. The molecule has 4 rings (SSSR count). The number of thiophene rings is 1. The van der Waals surface area contributed by atoms with Gasteiger partial charge in [-0.2, -0.15) is 0 Å². The Morgan fingerprint density at radius 2 is 1.92 bits per heavy atom. The molecule has 1 aromatic carbocycles. The number of aryl methyl sites for hydroxylation is 1. The minimum Gasteiger partial charge on any atom is -0.494 e. The Labute approximate surface area is 152 Å². The van der Waals surface area contributed by atoms with Crippen LogP contribution in [0.3, 0.4) is 0 Å². The highest BCUT2D eigenvalue weighted by Crippen LogP contribution is 2.18. The molecule has 0 N–H and O–H groups in total. The second-order valence-corrected chi connectivity index (χ2v) is 6.98. The third kappa shape index (κ3) is 2.62. The van der Waals surface area contributed by atoms with E-state index in [-0.39, 0.29) is 11.2 Å². The Morgan fingerprint density at radius 3 is 2.65 bits per heavy atom. The lowest BCUT2D eigenvalue weighted by Gasteiger charge is -2.09. The van der Waals surface area contributed by atoms with Crippen LogP contribution in [0.2, 0.25) is 0 Å². The Kier molecular flexibility index (Phi) is 4.12. The molecule has 0 radical (unpaired) electrons. The standard InChI is InChI=1S/C18H18N4O3S/c1-3-9-25-13-6-4-12(5-7-13)11-21-16(23)15-14(8-10-26-15)22-17(21)19-20(2)18(22)24/h4-8,10H,3,9,11H2,1-2H3. The highest BCUT2D eigenvalue weighted by Gasteiger charge is 2.17. The van der Waals surface area contributed by atoms with Crippen LogP contribution in [0, 0.1) is 0 Å². The van der Waals surface area contributed by atoms with E-state index in [4.69, 9.17) is 4.74 Å². The van der Waals surface area contributed by atoms with Crippen molar-refractivity contribution in [2.24, 2.45) is 7.05 Å². The number of rotatable bonds is 5. The van der Waals surface area contributed by atoms with Crippen molar-refractivity contribution in [3.05, 3.63) is 62.1 Å². The number of hydrogen-bond acceptors (Lipinski definition) is 5. The van der Waals surface area contributed by atoms with Crippen molar-refractivity contribution in [2.75, 3.05) is 6.61 Å². The Hall–Kier alpha value is -2.87. The molecule has 0 amide bonds. The smallest absolute Gasteiger partial charge is 0.351 e. The normalized spacial score (nSPS) is 11.5. The summed E-state index contributed by atoms with van der Waals surface area (Å²) in [5, 5.41) is 6.08. The van der Waals surface area contributed by atoms with Crippen LogP contribution >= 0.6 is 11.3 Å². The lowest BCUT2D eigenvalue weighted by molar-refractivity contribution is 0.317. The maximum Gasteiger partial charge on any atom is 0.351 e. The van der Waals surface area contributed by atoms with Gasteiger partial charge in [-0.05, 0) is 35.6 Å². The van der Waals surface area contributed by atoms with E-state index in [0.29, 0.717) is 29.1 Å². The third-order valence-corrected chi connectivity index (χ3v) is 5.10. The minimum absolute atomic E-state index is 0.139. The van der Waals surface area contributed by atoms with Crippen molar-refractivity contribution in [3.8, 4) is 5.75 Å². The zero-order valence-corrected chi connectivity index (χ0v) is 15.3. The molecule has 26 heavy (non-hydrogen) atoms. The molecule has 134 valence electrons. The predicted molar refractivity (Wildman–Crippen MR) is 101 cm³/mol. The van der Waals surface area contributed by atoms with Gasteiger partial charge < -0.3 is 4.74 Å². The van der Waals surface area contributed by atoms with Gasteiger partial charge in [0, 0.05) is 7.05 Å². The summed E-state index contributed by atoms with van der Waals surface area (Å²) < 4.78 is 10.4. The Bertz CT molecular complexity index is 1200. The summed E-state index contributed by atoms with van der Waals surface area (Å²) in [7, 11) is 1.59. The summed E-state index contributed by atoms with van der Waals surface area (Å²) in [6.45, 7) is 3.06. The van der Waals surface area contributed by atoms with Gasteiger partial charge in [0.1, 0.15) is 10.4 Å². The highest BCUT2D eigenvalue weighted by atomic mass is 32.1. The summed E-state index contributed by atoms with van der Waals surface area (Å²) >= 11 is 1.33. The summed E-state index contributed by atoms with van der Waals surface area (Å²) in [5.74, 6) is 1.15. The van der Waals surface area contributed by atoms with Crippen molar-refractivity contribution < 1.29 is 4.74 Å². The molecule has 0 bridgehead atoms. The SMILES string of the molecule is CCCOc1ccc(Cn2c(=O)c3sccc3n3c(=O)n(C)nc23)cc1. The van der Waals surface area contributed by atoms with Crippen LogP contribution in [0.25, 0.3) is 16.0 Å².